The van der Waals surface area contributed by atoms with E-state index < -0.39 is 17.4 Å². The number of benzene rings is 1. The van der Waals surface area contributed by atoms with E-state index in [2.05, 4.69) is 17.4 Å². The molecule has 0 unspecified atom stereocenters. The summed E-state index contributed by atoms with van der Waals surface area (Å²) in [5.41, 5.74) is 0.618. The Bertz CT molecular complexity index is 958. The van der Waals surface area contributed by atoms with Gasteiger partial charge in [-0.2, -0.15) is 0 Å². The summed E-state index contributed by atoms with van der Waals surface area (Å²) >= 11 is 1.64. The zero-order valence-corrected chi connectivity index (χ0v) is 17.8. The Morgan fingerprint density at radius 1 is 1.30 bits per heavy atom. The molecule has 5 rings (SSSR count). The minimum absolute atomic E-state index is 0.0346. The van der Waals surface area contributed by atoms with E-state index in [0.29, 0.717) is 13.1 Å². The molecular weight excluding hydrogens is 396 g/mol. The molecule has 2 aromatic rings. The second-order valence-corrected chi connectivity index (χ2v) is 9.64. The maximum absolute atomic E-state index is 13.2. The first kappa shape index (κ1) is 19.5. The summed E-state index contributed by atoms with van der Waals surface area (Å²) in [4.78, 5) is 29.4. The third-order valence-corrected chi connectivity index (χ3v) is 7.37. The van der Waals surface area contributed by atoms with Gasteiger partial charge in [-0.3, -0.25) is 9.59 Å². The molecule has 2 saturated heterocycles. The summed E-state index contributed by atoms with van der Waals surface area (Å²) in [5.74, 6) is -0.903. The molecule has 1 aromatic heterocycles. The molecule has 1 N–H and O–H groups in total. The van der Waals surface area contributed by atoms with Gasteiger partial charge in [0.1, 0.15) is 5.60 Å². The van der Waals surface area contributed by atoms with Gasteiger partial charge in [-0.05, 0) is 36.8 Å². The van der Waals surface area contributed by atoms with Crippen molar-refractivity contribution in [1.82, 2.24) is 10.2 Å². The SMILES string of the molecule is C[C@@H](CCc1ccccc1)NC(=O)[C@@H]1[C@H]2C=C[C@]3(CN(Cc4cccs4)C(=O)[C@@H]13)O2. The molecule has 4 heterocycles. The van der Waals surface area contributed by atoms with Crippen LogP contribution in [0.1, 0.15) is 23.8 Å². The summed E-state index contributed by atoms with van der Waals surface area (Å²) in [7, 11) is 0. The third-order valence-electron chi connectivity index (χ3n) is 6.51. The molecule has 3 aliphatic rings. The van der Waals surface area contributed by atoms with Gasteiger partial charge in [0, 0.05) is 10.9 Å². The lowest BCUT2D eigenvalue weighted by molar-refractivity contribution is -0.138. The highest BCUT2D eigenvalue weighted by molar-refractivity contribution is 7.09. The average Bonchev–Trinajstić information content (AvgIpc) is 3.51. The topological polar surface area (TPSA) is 58.6 Å². The number of rotatable bonds is 7. The van der Waals surface area contributed by atoms with Gasteiger partial charge in [0.2, 0.25) is 11.8 Å². The van der Waals surface area contributed by atoms with Crippen molar-refractivity contribution in [1.29, 1.82) is 0 Å². The Hall–Kier alpha value is -2.44. The maximum Gasteiger partial charge on any atom is 0.230 e. The van der Waals surface area contributed by atoms with Gasteiger partial charge in [-0.25, -0.2) is 0 Å². The van der Waals surface area contributed by atoms with Gasteiger partial charge in [0.05, 0.1) is 31.0 Å². The predicted octanol–water partition coefficient (Wildman–Crippen LogP) is 3.17. The van der Waals surface area contributed by atoms with Gasteiger partial charge in [0.25, 0.3) is 0 Å². The fourth-order valence-corrected chi connectivity index (χ4v) is 5.76. The molecular formula is C24H26N2O3S. The number of amides is 2. The van der Waals surface area contributed by atoms with Gasteiger partial charge in [-0.15, -0.1) is 11.3 Å². The summed E-state index contributed by atoms with van der Waals surface area (Å²) < 4.78 is 6.22. The first-order chi connectivity index (χ1) is 14.6. The van der Waals surface area contributed by atoms with Gasteiger partial charge in [0.15, 0.2) is 0 Å². The number of fused-ring (bicyclic) bond motifs is 1. The molecule has 0 radical (unpaired) electrons. The number of nitrogens with zero attached hydrogens (tertiary/aromatic N) is 1. The van der Waals surface area contributed by atoms with Crippen LogP contribution in [0.25, 0.3) is 0 Å². The molecule has 156 valence electrons. The fourth-order valence-electron chi connectivity index (χ4n) is 5.04. The molecule has 2 bridgehead atoms. The van der Waals surface area contributed by atoms with Crippen molar-refractivity contribution in [3.05, 3.63) is 70.4 Å². The van der Waals surface area contributed by atoms with Gasteiger partial charge >= 0.3 is 0 Å². The molecule has 5 nitrogen and oxygen atoms in total. The predicted molar refractivity (Wildman–Crippen MR) is 116 cm³/mol. The normalized spacial score (nSPS) is 30.0. The Morgan fingerprint density at radius 3 is 2.90 bits per heavy atom. The number of thiophene rings is 1. The van der Waals surface area contributed by atoms with Crippen LogP contribution < -0.4 is 5.32 Å². The number of nitrogens with one attached hydrogen (secondary N) is 1. The standard InChI is InChI=1S/C24H26N2O3S/c1-16(9-10-17-6-3-2-4-7-17)25-22(27)20-19-11-12-24(29-19)15-26(23(28)21(20)24)14-18-8-5-13-30-18/h2-8,11-13,16,19-21H,9-10,14-15H2,1H3,(H,25,27)/t16-,19+,20+,21+,24+/m0/s1. The Labute approximate surface area is 180 Å². The first-order valence-electron chi connectivity index (χ1n) is 10.6. The largest absolute Gasteiger partial charge is 0.360 e. The van der Waals surface area contributed by atoms with E-state index in [1.165, 1.54) is 5.56 Å². The molecule has 0 aliphatic carbocycles. The number of carbonyl (C=O) groups excluding carboxylic acids is 2. The van der Waals surface area contributed by atoms with E-state index >= 15 is 0 Å². The molecule has 1 aromatic carbocycles. The van der Waals surface area contributed by atoms with Crippen LogP contribution in [0.4, 0.5) is 0 Å². The van der Waals surface area contributed by atoms with Gasteiger partial charge < -0.3 is 15.0 Å². The quantitative estimate of drug-likeness (QED) is 0.698. The summed E-state index contributed by atoms with van der Waals surface area (Å²) in [6, 6.07) is 14.3. The van der Waals surface area contributed by atoms with Crippen LogP contribution in [0.15, 0.2) is 60.0 Å². The number of carbonyl (C=O) groups is 2. The zero-order chi connectivity index (χ0) is 20.7. The fraction of sp³-hybridized carbons (Fsp3) is 0.417. The lowest BCUT2D eigenvalue weighted by Crippen LogP contribution is -2.46. The molecule has 6 heteroatoms. The number of aryl methyl sites for hydroxylation is 1. The van der Waals surface area contributed by atoms with Crippen molar-refractivity contribution < 1.29 is 14.3 Å². The monoisotopic (exact) mass is 422 g/mol. The van der Waals surface area contributed by atoms with Crippen LogP contribution >= 0.6 is 11.3 Å². The third kappa shape index (κ3) is 3.38. The van der Waals surface area contributed by atoms with E-state index in [9.17, 15) is 9.59 Å². The Morgan fingerprint density at radius 2 is 2.13 bits per heavy atom. The van der Waals surface area contributed by atoms with E-state index in [1.54, 1.807) is 11.3 Å². The number of hydrogen-bond donors (Lipinski definition) is 1. The highest BCUT2D eigenvalue weighted by Gasteiger charge is 2.66. The Kier molecular flexibility index (Phi) is 4.99. The number of ether oxygens (including phenoxy) is 1. The van der Waals surface area contributed by atoms with Gasteiger partial charge in [-0.1, -0.05) is 48.6 Å². The highest BCUT2D eigenvalue weighted by atomic mass is 32.1. The van der Waals surface area contributed by atoms with E-state index in [0.717, 1.165) is 17.7 Å². The molecule has 0 saturated carbocycles. The number of likely N-dealkylation sites (tertiary alicyclic amines) is 1. The first-order valence-corrected chi connectivity index (χ1v) is 11.5. The average molecular weight is 423 g/mol. The Balaban J connectivity index is 1.25. The van der Waals surface area contributed by atoms with Crippen LogP contribution in [-0.2, 0) is 27.3 Å². The lowest BCUT2D eigenvalue weighted by atomic mass is 9.76. The minimum Gasteiger partial charge on any atom is -0.360 e. The molecule has 5 atom stereocenters. The van der Waals surface area contributed by atoms with Crippen LogP contribution in [0, 0.1) is 11.8 Å². The van der Waals surface area contributed by atoms with Crippen LogP contribution in [-0.4, -0.2) is 41.0 Å². The molecule has 30 heavy (non-hydrogen) atoms. The summed E-state index contributed by atoms with van der Waals surface area (Å²) in [5, 5.41) is 5.16. The second kappa shape index (κ2) is 7.67. The molecule has 2 amide bonds. The van der Waals surface area contributed by atoms with Crippen molar-refractivity contribution >= 4 is 23.2 Å². The van der Waals surface area contributed by atoms with E-state index in [-0.39, 0.29) is 24.0 Å². The molecule has 2 fully saturated rings. The van der Waals surface area contributed by atoms with Crippen LogP contribution in [0.3, 0.4) is 0 Å². The zero-order valence-electron chi connectivity index (χ0n) is 17.0. The second-order valence-electron chi connectivity index (χ2n) is 8.61. The highest BCUT2D eigenvalue weighted by Crippen LogP contribution is 2.52. The number of hydrogen-bond acceptors (Lipinski definition) is 4. The van der Waals surface area contributed by atoms with Crippen molar-refractivity contribution in [2.75, 3.05) is 6.54 Å². The van der Waals surface area contributed by atoms with Crippen LogP contribution in [0.2, 0.25) is 0 Å². The molecule has 1 spiro atoms. The summed E-state index contributed by atoms with van der Waals surface area (Å²) in [6.07, 6.45) is 5.45. The van der Waals surface area contributed by atoms with E-state index in [4.69, 9.17) is 4.74 Å². The maximum atomic E-state index is 13.2. The van der Waals surface area contributed by atoms with Crippen molar-refractivity contribution in [3.8, 4) is 0 Å². The van der Waals surface area contributed by atoms with Crippen molar-refractivity contribution in [3.63, 3.8) is 0 Å². The smallest absolute Gasteiger partial charge is 0.230 e. The van der Waals surface area contributed by atoms with Crippen molar-refractivity contribution in [2.24, 2.45) is 11.8 Å². The molecule has 3 aliphatic heterocycles. The van der Waals surface area contributed by atoms with Crippen molar-refractivity contribution in [2.45, 2.75) is 44.1 Å². The summed E-state index contributed by atoms with van der Waals surface area (Å²) in [6.45, 7) is 3.13. The minimum atomic E-state index is -0.645. The van der Waals surface area contributed by atoms with Crippen LogP contribution in [0.5, 0.6) is 0 Å². The van der Waals surface area contributed by atoms with E-state index in [1.807, 2.05) is 59.7 Å². The lowest BCUT2D eigenvalue weighted by Gasteiger charge is -2.25.